The van der Waals surface area contributed by atoms with Crippen LogP contribution < -0.4 is 0 Å². The van der Waals surface area contributed by atoms with Crippen LogP contribution in [0.3, 0.4) is 0 Å². The molecule has 0 spiro atoms. The van der Waals surface area contributed by atoms with Crippen LogP contribution in [-0.4, -0.2) is 14.9 Å². The van der Waals surface area contributed by atoms with Gasteiger partial charge in [0.1, 0.15) is 0 Å². The molecular weight excluding hydrogens is 332 g/mol. The maximum absolute atomic E-state index is 6.29. The van der Waals surface area contributed by atoms with E-state index in [1.165, 1.54) is 56.9 Å². The molecule has 0 saturated heterocycles. The van der Waals surface area contributed by atoms with Crippen LogP contribution in [0.4, 0.5) is 0 Å². The number of hydrogen-bond donors (Lipinski definition) is 0. The van der Waals surface area contributed by atoms with Gasteiger partial charge in [0.2, 0.25) is 0 Å². The Morgan fingerprint density at radius 1 is 1.12 bits per heavy atom. The van der Waals surface area contributed by atoms with Crippen molar-refractivity contribution in [2.75, 3.05) is 6.61 Å². The van der Waals surface area contributed by atoms with Crippen molar-refractivity contribution in [1.29, 1.82) is 0 Å². The smallest absolute Gasteiger partial charge is 0.191 e. The van der Waals surface area contributed by atoms with Gasteiger partial charge >= 0.3 is 0 Å². The van der Waals surface area contributed by atoms with E-state index in [9.17, 15) is 0 Å². The van der Waals surface area contributed by atoms with Crippen LogP contribution in [0.15, 0.2) is 23.8 Å². The Labute approximate surface area is 165 Å². The molecule has 1 aliphatic rings. The van der Waals surface area contributed by atoms with Crippen LogP contribution in [-0.2, 0) is 4.43 Å². The Hall–Kier alpha value is -0.343. The third kappa shape index (κ3) is 7.72. The molecular formula is C24H46OSi. The zero-order valence-electron chi connectivity index (χ0n) is 19.1. The van der Waals surface area contributed by atoms with E-state index >= 15 is 0 Å². The lowest BCUT2D eigenvalue weighted by Gasteiger charge is -2.36. The summed E-state index contributed by atoms with van der Waals surface area (Å²) in [4.78, 5) is 0. The summed E-state index contributed by atoms with van der Waals surface area (Å²) in [6.45, 7) is 19.4. The Kier molecular flexibility index (Phi) is 9.36. The molecule has 2 atom stereocenters. The predicted octanol–water partition coefficient (Wildman–Crippen LogP) is 8.29. The maximum Gasteiger partial charge on any atom is 0.191 e. The average molecular weight is 379 g/mol. The average Bonchev–Trinajstić information content (AvgIpc) is 3.17. The highest BCUT2D eigenvalue weighted by Crippen LogP contribution is 2.58. The monoisotopic (exact) mass is 378 g/mol. The quantitative estimate of drug-likeness (QED) is 0.188. The zero-order chi connectivity index (χ0) is 19.8. The van der Waals surface area contributed by atoms with Crippen molar-refractivity contribution < 1.29 is 4.43 Å². The molecule has 1 nitrogen and oxygen atoms in total. The van der Waals surface area contributed by atoms with E-state index in [2.05, 4.69) is 72.9 Å². The fourth-order valence-corrected chi connectivity index (χ4v) is 4.56. The van der Waals surface area contributed by atoms with Crippen LogP contribution in [0.1, 0.15) is 92.9 Å². The molecule has 0 bridgehead atoms. The third-order valence-corrected chi connectivity index (χ3v) is 11.0. The Morgan fingerprint density at radius 2 is 1.81 bits per heavy atom. The zero-order valence-corrected chi connectivity index (χ0v) is 20.1. The second-order valence-electron chi connectivity index (χ2n) is 10.3. The first-order chi connectivity index (χ1) is 12.0. The highest BCUT2D eigenvalue weighted by atomic mass is 28.4. The fourth-order valence-electron chi connectivity index (χ4n) is 3.47. The summed E-state index contributed by atoms with van der Waals surface area (Å²) in [5.74, 6) is 0.794. The van der Waals surface area contributed by atoms with Gasteiger partial charge in [0.25, 0.3) is 0 Å². The van der Waals surface area contributed by atoms with Gasteiger partial charge in [-0.3, -0.25) is 0 Å². The summed E-state index contributed by atoms with van der Waals surface area (Å²) in [5, 5.41) is 0.323. The summed E-state index contributed by atoms with van der Waals surface area (Å²) in [6.07, 6.45) is 18.0. The lowest BCUT2D eigenvalue weighted by molar-refractivity contribution is 0.279. The predicted molar refractivity (Wildman–Crippen MR) is 120 cm³/mol. The molecule has 0 aromatic heterocycles. The van der Waals surface area contributed by atoms with E-state index in [0.717, 1.165) is 12.5 Å². The molecule has 0 aromatic rings. The summed E-state index contributed by atoms with van der Waals surface area (Å²) in [5.41, 5.74) is 1.97. The van der Waals surface area contributed by atoms with E-state index in [1.807, 2.05) is 0 Å². The molecule has 0 N–H and O–H groups in total. The summed E-state index contributed by atoms with van der Waals surface area (Å²) in [6, 6.07) is 0. The van der Waals surface area contributed by atoms with Crippen LogP contribution in [0.25, 0.3) is 0 Å². The van der Waals surface area contributed by atoms with Gasteiger partial charge in [0.15, 0.2) is 8.32 Å². The SMILES string of the molecule is CCCCC[C@]1(/C=C\CCCCO[Si](C)(C)C(C)(C)C)C[C@@H]1C=C(C)C. The van der Waals surface area contributed by atoms with Crippen molar-refractivity contribution in [2.24, 2.45) is 11.3 Å². The molecule has 0 aliphatic heterocycles. The third-order valence-electron chi connectivity index (χ3n) is 6.44. The van der Waals surface area contributed by atoms with Crippen molar-refractivity contribution in [3.63, 3.8) is 0 Å². The highest BCUT2D eigenvalue weighted by Gasteiger charge is 2.49. The molecule has 2 heteroatoms. The van der Waals surface area contributed by atoms with Gasteiger partial charge in [-0.15, -0.1) is 0 Å². The van der Waals surface area contributed by atoms with Crippen LogP contribution >= 0.6 is 0 Å². The van der Waals surface area contributed by atoms with Gasteiger partial charge in [-0.25, -0.2) is 0 Å². The van der Waals surface area contributed by atoms with Gasteiger partial charge in [-0.05, 0) is 75.4 Å². The summed E-state index contributed by atoms with van der Waals surface area (Å²) < 4.78 is 6.29. The van der Waals surface area contributed by atoms with Crippen LogP contribution in [0.2, 0.25) is 18.1 Å². The van der Waals surface area contributed by atoms with Crippen LogP contribution in [0, 0.1) is 11.3 Å². The van der Waals surface area contributed by atoms with Crippen molar-refractivity contribution in [3.8, 4) is 0 Å². The minimum Gasteiger partial charge on any atom is -0.417 e. The Balaban J connectivity index is 2.35. The molecule has 0 radical (unpaired) electrons. The minimum atomic E-state index is -1.56. The number of hydrogen-bond acceptors (Lipinski definition) is 1. The normalized spacial score (nSPS) is 23.5. The van der Waals surface area contributed by atoms with Gasteiger partial charge in [0, 0.05) is 6.61 Å². The number of rotatable bonds is 12. The van der Waals surface area contributed by atoms with E-state index < -0.39 is 8.32 Å². The highest BCUT2D eigenvalue weighted by molar-refractivity contribution is 6.74. The van der Waals surface area contributed by atoms with E-state index in [-0.39, 0.29) is 0 Å². The molecule has 1 saturated carbocycles. The topological polar surface area (TPSA) is 9.23 Å². The van der Waals surface area contributed by atoms with Gasteiger partial charge < -0.3 is 4.43 Å². The van der Waals surface area contributed by atoms with E-state index in [0.29, 0.717) is 10.5 Å². The van der Waals surface area contributed by atoms with Crippen LogP contribution in [0.5, 0.6) is 0 Å². The molecule has 26 heavy (non-hydrogen) atoms. The molecule has 0 unspecified atom stereocenters. The standard InChI is InChI=1S/C24H46OSi/c1-9-10-13-16-24(20-22(24)19-21(2)3)17-14-11-12-15-18-25-26(7,8)23(4,5)6/h14,17,19,22H,9-13,15-16,18,20H2,1-8H3/b17-14-/t22-,24-/m0/s1. The molecule has 1 aliphatic carbocycles. The second kappa shape index (κ2) is 10.3. The summed E-state index contributed by atoms with van der Waals surface area (Å²) in [7, 11) is -1.56. The number of allylic oxidation sites excluding steroid dienone is 4. The van der Waals surface area contributed by atoms with E-state index in [4.69, 9.17) is 4.43 Å². The van der Waals surface area contributed by atoms with E-state index in [1.54, 1.807) is 0 Å². The molecule has 0 amide bonds. The van der Waals surface area contributed by atoms with Crippen molar-refractivity contribution >= 4 is 8.32 Å². The van der Waals surface area contributed by atoms with Gasteiger partial charge in [-0.2, -0.15) is 0 Å². The summed E-state index contributed by atoms with van der Waals surface area (Å²) >= 11 is 0. The number of unbranched alkanes of at least 4 members (excludes halogenated alkanes) is 4. The Morgan fingerprint density at radius 3 is 2.38 bits per heavy atom. The van der Waals surface area contributed by atoms with Gasteiger partial charge in [-0.1, -0.05) is 70.8 Å². The second-order valence-corrected chi connectivity index (χ2v) is 15.1. The van der Waals surface area contributed by atoms with Gasteiger partial charge in [0.05, 0.1) is 0 Å². The first-order valence-electron chi connectivity index (χ1n) is 11.0. The Bertz CT molecular complexity index is 465. The first kappa shape index (κ1) is 23.7. The van der Waals surface area contributed by atoms with Crippen molar-refractivity contribution in [1.82, 2.24) is 0 Å². The molecule has 0 aromatic carbocycles. The largest absolute Gasteiger partial charge is 0.417 e. The van der Waals surface area contributed by atoms with Crippen molar-refractivity contribution in [3.05, 3.63) is 23.8 Å². The maximum atomic E-state index is 6.29. The molecule has 1 rings (SSSR count). The van der Waals surface area contributed by atoms with Crippen molar-refractivity contribution in [2.45, 2.75) is 111 Å². The molecule has 1 fully saturated rings. The molecule has 0 heterocycles. The molecule has 152 valence electrons. The lowest BCUT2D eigenvalue weighted by Crippen LogP contribution is -2.40. The minimum absolute atomic E-state index is 0.323. The fraction of sp³-hybridized carbons (Fsp3) is 0.833. The first-order valence-corrected chi connectivity index (χ1v) is 13.9. The lowest BCUT2D eigenvalue weighted by atomic mass is 9.93.